The molecule has 25 heavy (non-hydrogen) atoms. The van der Waals surface area contributed by atoms with E-state index in [1.807, 2.05) is 0 Å². The largest absolute Gasteiger partial charge is 0.467 e. The number of hydrogen-bond donors (Lipinski definition) is 1. The molecule has 0 spiro atoms. The van der Waals surface area contributed by atoms with Crippen LogP contribution in [-0.4, -0.2) is 31.7 Å². The molecule has 0 saturated carbocycles. The molecular weight excluding hydrogens is 347 g/mol. The molecule has 6 nitrogen and oxygen atoms in total. The van der Waals surface area contributed by atoms with Crippen LogP contribution < -0.4 is 5.32 Å². The van der Waals surface area contributed by atoms with E-state index in [1.54, 1.807) is 18.4 Å². The van der Waals surface area contributed by atoms with E-state index in [2.05, 4.69) is 5.32 Å². The van der Waals surface area contributed by atoms with Gasteiger partial charge in [-0.05, 0) is 49.2 Å². The van der Waals surface area contributed by atoms with Gasteiger partial charge < -0.3 is 9.73 Å². The lowest BCUT2D eigenvalue weighted by Crippen LogP contribution is -2.42. The van der Waals surface area contributed by atoms with Gasteiger partial charge in [0.25, 0.3) is 0 Å². The van der Waals surface area contributed by atoms with Crippen LogP contribution in [0.4, 0.5) is 4.39 Å². The van der Waals surface area contributed by atoms with Gasteiger partial charge in [0, 0.05) is 19.0 Å². The minimum absolute atomic E-state index is 0.0645. The molecule has 1 saturated heterocycles. The molecule has 1 aromatic heterocycles. The Bertz CT molecular complexity index is 811. The molecule has 0 radical (unpaired) electrons. The fourth-order valence-corrected chi connectivity index (χ4v) is 4.32. The number of carbonyl (C=O) groups is 1. The lowest BCUT2D eigenvalue weighted by Gasteiger charge is -2.30. The van der Waals surface area contributed by atoms with Crippen molar-refractivity contribution in [1.29, 1.82) is 0 Å². The number of halogens is 1. The van der Waals surface area contributed by atoms with Crippen LogP contribution in [0.1, 0.15) is 18.6 Å². The molecule has 0 atom stereocenters. The van der Waals surface area contributed by atoms with Crippen LogP contribution in [0.2, 0.25) is 0 Å². The molecule has 134 valence electrons. The van der Waals surface area contributed by atoms with E-state index < -0.39 is 15.8 Å². The van der Waals surface area contributed by atoms with Crippen LogP contribution in [0.15, 0.2) is 52.0 Å². The highest BCUT2D eigenvalue weighted by Gasteiger charge is 2.32. The number of piperidine rings is 1. The summed E-state index contributed by atoms with van der Waals surface area (Å²) in [6.45, 7) is 0.844. The minimum Gasteiger partial charge on any atom is -0.467 e. The van der Waals surface area contributed by atoms with Gasteiger partial charge in [0.15, 0.2) is 0 Å². The zero-order chi connectivity index (χ0) is 17.9. The molecule has 1 aromatic carbocycles. The van der Waals surface area contributed by atoms with E-state index in [-0.39, 0.29) is 29.8 Å². The molecule has 2 aromatic rings. The van der Waals surface area contributed by atoms with Gasteiger partial charge in [-0.2, -0.15) is 4.31 Å². The van der Waals surface area contributed by atoms with E-state index in [4.69, 9.17) is 4.42 Å². The van der Waals surface area contributed by atoms with Crippen molar-refractivity contribution in [3.05, 3.63) is 54.2 Å². The van der Waals surface area contributed by atoms with Crippen LogP contribution in [0.25, 0.3) is 0 Å². The van der Waals surface area contributed by atoms with Crippen molar-refractivity contribution in [2.24, 2.45) is 5.92 Å². The number of furan rings is 1. The SMILES string of the molecule is O=C(NCc1ccco1)C1CCN(S(=O)(=O)c2ccc(F)cc2)CC1. The van der Waals surface area contributed by atoms with Crippen molar-refractivity contribution >= 4 is 15.9 Å². The molecule has 0 bridgehead atoms. The summed E-state index contributed by atoms with van der Waals surface area (Å²) in [6, 6.07) is 8.29. The van der Waals surface area contributed by atoms with Gasteiger partial charge in [0.1, 0.15) is 11.6 Å². The zero-order valence-corrected chi connectivity index (χ0v) is 14.3. The molecule has 0 aliphatic carbocycles. The molecule has 0 unspecified atom stereocenters. The second-order valence-corrected chi connectivity index (χ2v) is 7.87. The quantitative estimate of drug-likeness (QED) is 0.879. The molecule has 1 aliphatic rings. The van der Waals surface area contributed by atoms with Crippen LogP contribution in [0, 0.1) is 11.7 Å². The Morgan fingerprint density at radius 2 is 1.88 bits per heavy atom. The highest BCUT2D eigenvalue weighted by molar-refractivity contribution is 7.89. The van der Waals surface area contributed by atoms with Crippen LogP contribution in [0.5, 0.6) is 0 Å². The number of nitrogens with one attached hydrogen (secondary N) is 1. The summed E-state index contributed by atoms with van der Waals surface area (Å²) in [5.74, 6) is -0.138. The summed E-state index contributed by atoms with van der Waals surface area (Å²) < 4.78 is 44.6. The number of benzene rings is 1. The summed E-state index contributed by atoms with van der Waals surface area (Å²) in [5, 5.41) is 2.80. The second-order valence-electron chi connectivity index (χ2n) is 5.93. The predicted octanol–water partition coefficient (Wildman–Crippen LogP) is 2.14. The Labute approximate surface area is 145 Å². The van der Waals surface area contributed by atoms with Gasteiger partial charge in [-0.3, -0.25) is 4.79 Å². The fourth-order valence-electron chi connectivity index (χ4n) is 2.85. The Morgan fingerprint density at radius 3 is 2.48 bits per heavy atom. The third-order valence-electron chi connectivity index (χ3n) is 4.29. The first-order valence-electron chi connectivity index (χ1n) is 8.02. The maximum absolute atomic E-state index is 13.0. The molecule has 1 fully saturated rings. The van der Waals surface area contributed by atoms with Gasteiger partial charge in [0.2, 0.25) is 15.9 Å². The molecule has 1 amide bonds. The minimum atomic E-state index is -3.66. The molecule has 1 N–H and O–H groups in total. The zero-order valence-electron chi connectivity index (χ0n) is 13.5. The van der Waals surface area contributed by atoms with E-state index in [1.165, 1.54) is 16.4 Å². The fraction of sp³-hybridized carbons (Fsp3) is 0.353. The standard InChI is InChI=1S/C17H19FN2O4S/c18-14-3-5-16(6-4-14)25(22,23)20-9-7-13(8-10-20)17(21)19-12-15-2-1-11-24-15/h1-6,11,13H,7-10,12H2,(H,19,21). The summed E-state index contributed by atoms with van der Waals surface area (Å²) >= 11 is 0. The van der Waals surface area contributed by atoms with Crippen molar-refractivity contribution in [2.45, 2.75) is 24.3 Å². The topological polar surface area (TPSA) is 79.6 Å². The smallest absolute Gasteiger partial charge is 0.243 e. The molecule has 8 heteroatoms. The van der Waals surface area contributed by atoms with Gasteiger partial charge in [-0.1, -0.05) is 0 Å². The van der Waals surface area contributed by atoms with Crippen molar-refractivity contribution in [2.75, 3.05) is 13.1 Å². The van der Waals surface area contributed by atoms with E-state index in [9.17, 15) is 17.6 Å². The van der Waals surface area contributed by atoms with Crippen LogP contribution in [-0.2, 0) is 21.4 Å². The van der Waals surface area contributed by atoms with E-state index >= 15 is 0 Å². The lowest BCUT2D eigenvalue weighted by atomic mass is 9.97. The third-order valence-corrected chi connectivity index (χ3v) is 6.21. The Balaban J connectivity index is 1.55. The summed E-state index contributed by atoms with van der Waals surface area (Å²) in [5.41, 5.74) is 0. The monoisotopic (exact) mass is 366 g/mol. The molecule has 3 rings (SSSR count). The van der Waals surface area contributed by atoms with E-state index in [0.29, 0.717) is 25.1 Å². The van der Waals surface area contributed by atoms with Crippen molar-refractivity contribution in [3.8, 4) is 0 Å². The maximum Gasteiger partial charge on any atom is 0.243 e. The van der Waals surface area contributed by atoms with E-state index in [0.717, 1.165) is 12.1 Å². The number of carbonyl (C=O) groups excluding carboxylic acids is 1. The predicted molar refractivity (Wildman–Crippen MR) is 88.4 cm³/mol. The summed E-state index contributed by atoms with van der Waals surface area (Å²) in [6.07, 6.45) is 2.44. The van der Waals surface area contributed by atoms with Gasteiger partial charge in [-0.25, -0.2) is 12.8 Å². The van der Waals surface area contributed by atoms with Gasteiger partial charge in [-0.15, -0.1) is 0 Å². The molecule has 2 heterocycles. The summed E-state index contributed by atoms with van der Waals surface area (Å²) in [4.78, 5) is 12.3. The van der Waals surface area contributed by atoms with Crippen LogP contribution >= 0.6 is 0 Å². The Hall–Kier alpha value is -2.19. The first kappa shape index (κ1) is 17.6. The Kier molecular flexibility index (Phi) is 5.19. The van der Waals surface area contributed by atoms with Gasteiger partial charge in [0.05, 0.1) is 17.7 Å². The summed E-state index contributed by atoms with van der Waals surface area (Å²) in [7, 11) is -3.66. The average Bonchev–Trinajstić information content (AvgIpc) is 3.14. The lowest BCUT2D eigenvalue weighted by molar-refractivity contribution is -0.126. The average molecular weight is 366 g/mol. The number of rotatable bonds is 5. The Morgan fingerprint density at radius 1 is 1.20 bits per heavy atom. The highest BCUT2D eigenvalue weighted by atomic mass is 32.2. The van der Waals surface area contributed by atoms with Crippen molar-refractivity contribution < 1.29 is 22.0 Å². The normalized spacial score (nSPS) is 16.7. The highest BCUT2D eigenvalue weighted by Crippen LogP contribution is 2.24. The third kappa shape index (κ3) is 4.08. The molecular formula is C17H19FN2O4S. The van der Waals surface area contributed by atoms with Crippen molar-refractivity contribution in [1.82, 2.24) is 9.62 Å². The number of sulfonamides is 1. The molecule has 1 aliphatic heterocycles. The number of amides is 1. The van der Waals surface area contributed by atoms with Gasteiger partial charge >= 0.3 is 0 Å². The number of hydrogen-bond acceptors (Lipinski definition) is 4. The maximum atomic E-state index is 13.0. The first-order valence-corrected chi connectivity index (χ1v) is 9.46. The van der Waals surface area contributed by atoms with Crippen LogP contribution in [0.3, 0.4) is 0 Å². The van der Waals surface area contributed by atoms with Crippen molar-refractivity contribution in [3.63, 3.8) is 0 Å². The first-order chi connectivity index (χ1) is 12.0. The second kappa shape index (κ2) is 7.37. The number of nitrogens with zero attached hydrogens (tertiary/aromatic N) is 1.